The molecule has 0 aliphatic carbocycles. The first-order valence-electron chi connectivity index (χ1n) is 11.2. The number of methoxy groups -OCH3 is 1. The van der Waals surface area contributed by atoms with E-state index in [-0.39, 0.29) is 5.91 Å². The fourth-order valence-electron chi connectivity index (χ4n) is 3.25. The Balaban J connectivity index is 1.31. The van der Waals surface area contributed by atoms with Crippen LogP contribution in [0, 0.1) is 13.8 Å². The number of nitrogens with one attached hydrogen (secondary N) is 1. The van der Waals surface area contributed by atoms with E-state index < -0.39 is 0 Å². The van der Waals surface area contributed by atoms with Crippen LogP contribution >= 0.6 is 23.1 Å². The summed E-state index contributed by atoms with van der Waals surface area (Å²) in [6, 6.07) is 20.9. The van der Waals surface area contributed by atoms with Crippen LogP contribution in [0.25, 0.3) is 0 Å². The summed E-state index contributed by atoms with van der Waals surface area (Å²) in [4.78, 5) is 12.5. The lowest BCUT2D eigenvalue weighted by molar-refractivity contribution is 0.0955. The predicted molar refractivity (Wildman–Crippen MR) is 144 cm³/mol. The van der Waals surface area contributed by atoms with Crippen molar-refractivity contribution in [2.75, 3.05) is 7.11 Å². The number of ether oxygens (including phenoxy) is 2. The molecule has 1 amide bonds. The van der Waals surface area contributed by atoms with Gasteiger partial charge in [0.2, 0.25) is 0 Å². The van der Waals surface area contributed by atoms with Crippen LogP contribution in [0.3, 0.4) is 0 Å². The zero-order valence-corrected chi connectivity index (χ0v) is 21.9. The van der Waals surface area contributed by atoms with Crippen molar-refractivity contribution in [3.63, 3.8) is 0 Å². The molecular weight excluding hydrogens is 492 g/mol. The van der Waals surface area contributed by atoms with Gasteiger partial charge in [0, 0.05) is 16.9 Å². The van der Waals surface area contributed by atoms with Gasteiger partial charge in [-0.15, -0.1) is 10.2 Å². The van der Waals surface area contributed by atoms with Crippen LogP contribution < -0.4 is 14.9 Å². The molecule has 0 atom stereocenters. The Labute approximate surface area is 218 Å². The second kappa shape index (κ2) is 12.3. The van der Waals surface area contributed by atoms with Crippen molar-refractivity contribution in [3.05, 3.63) is 99.6 Å². The molecule has 1 heterocycles. The molecule has 3 aromatic carbocycles. The normalized spacial score (nSPS) is 11.0. The van der Waals surface area contributed by atoms with Gasteiger partial charge in [-0.2, -0.15) is 5.10 Å². The van der Waals surface area contributed by atoms with E-state index in [1.807, 2.05) is 37.3 Å². The first-order valence-corrected chi connectivity index (χ1v) is 13.0. The van der Waals surface area contributed by atoms with Crippen molar-refractivity contribution < 1.29 is 14.3 Å². The number of amides is 1. The summed E-state index contributed by atoms with van der Waals surface area (Å²) in [5.74, 6) is 1.87. The number of nitrogens with zero attached hydrogens (tertiary/aromatic N) is 3. The zero-order valence-electron chi connectivity index (χ0n) is 20.2. The van der Waals surface area contributed by atoms with Gasteiger partial charge in [0.25, 0.3) is 5.91 Å². The SMILES string of the molecule is COc1ccc(C=NNC(=O)c2ccc(OCc3ccc(C)cc3)cc2)cc1CSc1nnc(C)s1. The van der Waals surface area contributed by atoms with E-state index in [1.165, 1.54) is 5.56 Å². The van der Waals surface area contributed by atoms with E-state index in [0.29, 0.717) is 23.7 Å². The molecule has 4 aromatic rings. The number of benzene rings is 3. The van der Waals surface area contributed by atoms with Crippen LogP contribution in [-0.2, 0) is 12.4 Å². The maximum atomic E-state index is 12.5. The molecular formula is C27H26N4O3S2. The molecule has 7 nitrogen and oxygen atoms in total. The summed E-state index contributed by atoms with van der Waals surface area (Å²) in [7, 11) is 1.64. The topological polar surface area (TPSA) is 85.7 Å². The maximum Gasteiger partial charge on any atom is 0.271 e. The Bertz CT molecular complexity index is 1340. The minimum absolute atomic E-state index is 0.299. The van der Waals surface area contributed by atoms with E-state index in [0.717, 1.165) is 31.8 Å². The lowest BCUT2D eigenvalue weighted by atomic mass is 10.1. The third kappa shape index (κ3) is 7.16. The fraction of sp³-hybridized carbons (Fsp3) is 0.185. The largest absolute Gasteiger partial charge is 0.496 e. The summed E-state index contributed by atoms with van der Waals surface area (Å²) in [5.41, 5.74) is 7.22. The van der Waals surface area contributed by atoms with Crippen molar-refractivity contribution in [1.82, 2.24) is 15.6 Å². The van der Waals surface area contributed by atoms with Gasteiger partial charge < -0.3 is 9.47 Å². The highest BCUT2D eigenvalue weighted by Crippen LogP contribution is 2.30. The molecule has 0 bridgehead atoms. The lowest BCUT2D eigenvalue weighted by Gasteiger charge is -2.08. The highest BCUT2D eigenvalue weighted by atomic mass is 32.2. The van der Waals surface area contributed by atoms with Gasteiger partial charge in [-0.05, 0) is 67.4 Å². The van der Waals surface area contributed by atoms with E-state index >= 15 is 0 Å². The van der Waals surface area contributed by atoms with Crippen LogP contribution in [0.5, 0.6) is 11.5 Å². The fourth-order valence-corrected chi connectivity index (χ4v) is 5.04. The van der Waals surface area contributed by atoms with Crippen LogP contribution in [0.15, 0.2) is 76.2 Å². The highest BCUT2D eigenvalue weighted by molar-refractivity contribution is 8.00. The molecule has 0 aliphatic heterocycles. The van der Waals surface area contributed by atoms with Gasteiger partial charge in [-0.1, -0.05) is 52.9 Å². The molecule has 4 rings (SSSR count). The van der Waals surface area contributed by atoms with E-state index in [4.69, 9.17) is 9.47 Å². The molecule has 0 saturated heterocycles. The van der Waals surface area contributed by atoms with Crippen LogP contribution in [0.4, 0.5) is 0 Å². The van der Waals surface area contributed by atoms with Crippen LogP contribution in [0.1, 0.15) is 37.6 Å². The number of rotatable bonds is 10. The summed E-state index contributed by atoms with van der Waals surface area (Å²) < 4.78 is 12.2. The van der Waals surface area contributed by atoms with Gasteiger partial charge in [-0.3, -0.25) is 4.79 Å². The van der Waals surface area contributed by atoms with Gasteiger partial charge in [-0.25, -0.2) is 5.43 Å². The summed E-state index contributed by atoms with van der Waals surface area (Å²) in [6.45, 7) is 4.46. The molecule has 0 radical (unpaired) electrons. The van der Waals surface area contributed by atoms with Crippen molar-refractivity contribution in [2.45, 2.75) is 30.5 Å². The Kier molecular flexibility index (Phi) is 8.70. The maximum absolute atomic E-state index is 12.5. The first-order chi connectivity index (χ1) is 17.5. The molecule has 1 N–H and O–H groups in total. The number of hydrogen-bond acceptors (Lipinski definition) is 8. The molecule has 0 saturated carbocycles. The number of carbonyl (C=O) groups excluding carboxylic acids is 1. The minimum atomic E-state index is -0.299. The Morgan fingerprint density at radius 3 is 2.53 bits per heavy atom. The minimum Gasteiger partial charge on any atom is -0.496 e. The quantitative estimate of drug-likeness (QED) is 0.162. The predicted octanol–water partition coefficient (Wildman–Crippen LogP) is 5.80. The Morgan fingerprint density at radius 2 is 1.83 bits per heavy atom. The molecule has 9 heteroatoms. The molecule has 184 valence electrons. The highest BCUT2D eigenvalue weighted by Gasteiger charge is 2.08. The average Bonchev–Trinajstić information content (AvgIpc) is 3.32. The standard InChI is InChI=1S/C27H26N4O3S2/c1-18-4-6-20(7-5-18)16-34-24-11-9-22(10-12-24)26(32)30-28-15-21-8-13-25(33-3)23(14-21)17-35-27-31-29-19(2)36-27/h4-15H,16-17H2,1-3H3,(H,30,32). The van der Waals surface area contributed by atoms with Gasteiger partial charge in [0.05, 0.1) is 13.3 Å². The monoisotopic (exact) mass is 518 g/mol. The van der Waals surface area contributed by atoms with E-state index in [1.54, 1.807) is 60.7 Å². The van der Waals surface area contributed by atoms with Crippen LogP contribution in [0.2, 0.25) is 0 Å². The second-order valence-corrected chi connectivity index (χ2v) is 10.3. The molecule has 0 spiro atoms. The van der Waals surface area contributed by atoms with Crippen molar-refractivity contribution in [3.8, 4) is 11.5 Å². The molecule has 0 fully saturated rings. The van der Waals surface area contributed by atoms with Crippen LogP contribution in [-0.4, -0.2) is 29.4 Å². The third-order valence-corrected chi connectivity index (χ3v) is 7.21. The number of hydrogen-bond donors (Lipinski definition) is 1. The zero-order chi connectivity index (χ0) is 25.3. The van der Waals surface area contributed by atoms with Crippen molar-refractivity contribution in [1.29, 1.82) is 0 Å². The molecule has 0 unspecified atom stereocenters. The Hall–Kier alpha value is -3.69. The number of aryl methyl sites for hydroxylation is 2. The molecule has 0 aliphatic rings. The second-order valence-electron chi connectivity index (χ2n) is 7.94. The van der Waals surface area contributed by atoms with Gasteiger partial charge >= 0.3 is 0 Å². The molecule has 36 heavy (non-hydrogen) atoms. The number of carbonyl (C=O) groups is 1. The molecule has 1 aromatic heterocycles. The van der Waals surface area contributed by atoms with E-state index in [9.17, 15) is 4.79 Å². The summed E-state index contributed by atoms with van der Waals surface area (Å²) in [6.07, 6.45) is 1.61. The van der Waals surface area contributed by atoms with Crippen molar-refractivity contribution in [2.24, 2.45) is 5.10 Å². The average molecular weight is 519 g/mol. The third-order valence-electron chi connectivity index (χ3n) is 5.19. The number of thioether (sulfide) groups is 1. The van der Waals surface area contributed by atoms with Crippen molar-refractivity contribution >= 4 is 35.2 Å². The number of hydrazone groups is 1. The smallest absolute Gasteiger partial charge is 0.271 e. The first kappa shape index (κ1) is 25.4. The van der Waals surface area contributed by atoms with Gasteiger partial charge in [0.15, 0.2) is 4.34 Å². The lowest BCUT2D eigenvalue weighted by Crippen LogP contribution is -2.17. The van der Waals surface area contributed by atoms with E-state index in [2.05, 4.69) is 39.8 Å². The summed E-state index contributed by atoms with van der Waals surface area (Å²) >= 11 is 3.16. The van der Waals surface area contributed by atoms with Gasteiger partial charge in [0.1, 0.15) is 23.1 Å². The Morgan fingerprint density at radius 1 is 1.06 bits per heavy atom. The summed E-state index contributed by atoms with van der Waals surface area (Å²) in [5, 5.41) is 13.2. The number of aromatic nitrogens is 2.